The van der Waals surface area contributed by atoms with E-state index in [4.69, 9.17) is 10.5 Å². The highest BCUT2D eigenvalue weighted by Crippen LogP contribution is 2.28. The van der Waals surface area contributed by atoms with E-state index in [-0.39, 0.29) is 6.10 Å². The van der Waals surface area contributed by atoms with Crippen molar-refractivity contribution in [2.45, 2.75) is 51.2 Å². The van der Waals surface area contributed by atoms with Gasteiger partial charge in [0.05, 0.1) is 12.7 Å². The van der Waals surface area contributed by atoms with Crippen LogP contribution in [0.2, 0.25) is 0 Å². The Morgan fingerprint density at radius 3 is 2.89 bits per heavy atom. The molecule has 0 radical (unpaired) electrons. The first kappa shape index (κ1) is 15.9. The van der Waals surface area contributed by atoms with E-state index in [1.54, 1.807) is 0 Å². The molecular formula is C14H30N2O2. The number of hydrogen-bond acceptors (Lipinski definition) is 4. The SMILES string of the molecule is CCCCOCC(O)CN(C)C1CCCC1CN. The molecule has 1 fully saturated rings. The van der Waals surface area contributed by atoms with Crippen LogP contribution in [0, 0.1) is 5.92 Å². The van der Waals surface area contributed by atoms with Gasteiger partial charge in [-0.25, -0.2) is 0 Å². The predicted octanol–water partition coefficient (Wildman–Crippen LogP) is 1.22. The Morgan fingerprint density at radius 2 is 2.22 bits per heavy atom. The van der Waals surface area contributed by atoms with Crippen LogP contribution in [0.15, 0.2) is 0 Å². The average Bonchev–Trinajstić information content (AvgIpc) is 2.83. The first-order valence-electron chi connectivity index (χ1n) is 7.35. The fourth-order valence-electron chi connectivity index (χ4n) is 2.86. The van der Waals surface area contributed by atoms with Gasteiger partial charge in [0, 0.05) is 19.2 Å². The average molecular weight is 258 g/mol. The maximum absolute atomic E-state index is 9.94. The van der Waals surface area contributed by atoms with Gasteiger partial charge in [0.25, 0.3) is 0 Å². The number of aliphatic hydroxyl groups excluding tert-OH is 1. The lowest BCUT2D eigenvalue weighted by atomic mass is 10.0. The molecule has 0 aromatic rings. The first-order valence-corrected chi connectivity index (χ1v) is 7.35. The molecule has 0 saturated heterocycles. The fraction of sp³-hybridized carbons (Fsp3) is 1.00. The second-order valence-electron chi connectivity index (χ2n) is 5.52. The van der Waals surface area contributed by atoms with Crippen molar-refractivity contribution in [2.24, 2.45) is 11.7 Å². The van der Waals surface area contributed by atoms with Gasteiger partial charge in [-0.2, -0.15) is 0 Å². The molecule has 1 aliphatic carbocycles. The molecule has 4 nitrogen and oxygen atoms in total. The van der Waals surface area contributed by atoms with E-state index < -0.39 is 0 Å². The molecule has 18 heavy (non-hydrogen) atoms. The Morgan fingerprint density at radius 1 is 1.44 bits per heavy atom. The number of nitrogens with two attached hydrogens (primary N) is 1. The molecule has 0 aromatic heterocycles. The number of unbranched alkanes of at least 4 members (excludes halogenated alkanes) is 1. The summed E-state index contributed by atoms with van der Waals surface area (Å²) in [6, 6.07) is 0.542. The van der Waals surface area contributed by atoms with Gasteiger partial charge in [-0.15, -0.1) is 0 Å². The first-order chi connectivity index (χ1) is 8.69. The molecule has 1 rings (SSSR count). The predicted molar refractivity (Wildman–Crippen MR) is 74.5 cm³/mol. The largest absolute Gasteiger partial charge is 0.389 e. The second kappa shape index (κ2) is 8.86. The quantitative estimate of drug-likeness (QED) is 0.611. The van der Waals surface area contributed by atoms with Crippen molar-refractivity contribution in [1.82, 2.24) is 4.90 Å². The third-order valence-electron chi connectivity index (χ3n) is 3.94. The fourth-order valence-corrected chi connectivity index (χ4v) is 2.86. The van der Waals surface area contributed by atoms with E-state index in [1.165, 1.54) is 19.3 Å². The van der Waals surface area contributed by atoms with Gasteiger partial charge in [0.1, 0.15) is 0 Å². The molecule has 1 aliphatic rings. The Balaban J connectivity index is 2.19. The summed E-state index contributed by atoms with van der Waals surface area (Å²) in [6.07, 6.45) is 5.53. The summed E-state index contributed by atoms with van der Waals surface area (Å²) in [4.78, 5) is 2.26. The van der Waals surface area contributed by atoms with Crippen molar-refractivity contribution in [1.29, 1.82) is 0 Å². The number of nitrogens with zero attached hydrogens (tertiary/aromatic N) is 1. The number of likely N-dealkylation sites (N-methyl/N-ethyl adjacent to an activating group) is 1. The van der Waals surface area contributed by atoms with Crippen LogP contribution in [0.1, 0.15) is 39.0 Å². The van der Waals surface area contributed by atoms with Crippen LogP contribution in [0.5, 0.6) is 0 Å². The van der Waals surface area contributed by atoms with E-state index in [9.17, 15) is 5.11 Å². The molecule has 4 heteroatoms. The molecule has 0 bridgehead atoms. The van der Waals surface area contributed by atoms with Gasteiger partial charge in [-0.05, 0) is 38.8 Å². The monoisotopic (exact) mass is 258 g/mol. The Labute approximate surface area is 111 Å². The van der Waals surface area contributed by atoms with Crippen molar-refractivity contribution < 1.29 is 9.84 Å². The van der Waals surface area contributed by atoms with Crippen molar-refractivity contribution in [3.8, 4) is 0 Å². The third kappa shape index (κ3) is 5.22. The molecule has 0 spiro atoms. The van der Waals surface area contributed by atoms with Crippen molar-refractivity contribution in [3.63, 3.8) is 0 Å². The van der Waals surface area contributed by atoms with Crippen LogP contribution >= 0.6 is 0 Å². The number of rotatable bonds is 9. The maximum atomic E-state index is 9.94. The van der Waals surface area contributed by atoms with Gasteiger partial charge in [0.2, 0.25) is 0 Å². The van der Waals surface area contributed by atoms with Crippen molar-refractivity contribution in [2.75, 3.05) is 33.4 Å². The van der Waals surface area contributed by atoms with Crippen LogP contribution in [0.25, 0.3) is 0 Å². The van der Waals surface area contributed by atoms with Crippen molar-refractivity contribution >= 4 is 0 Å². The van der Waals surface area contributed by atoms with Gasteiger partial charge in [-0.3, -0.25) is 0 Å². The van der Waals surface area contributed by atoms with Crippen LogP contribution in [0.3, 0.4) is 0 Å². The summed E-state index contributed by atoms with van der Waals surface area (Å²) in [5.41, 5.74) is 5.79. The molecule has 0 aromatic carbocycles. The highest BCUT2D eigenvalue weighted by molar-refractivity contribution is 4.85. The Bertz CT molecular complexity index is 214. The molecule has 0 amide bonds. The van der Waals surface area contributed by atoms with Gasteiger partial charge >= 0.3 is 0 Å². The Hall–Kier alpha value is -0.160. The molecule has 1 saturated carbocycles. The second-order valence-corrected chi connectivity index (χ2v) is 5.52. The van der Waals surface area contributed by atoms with Crippen LogP contribution in [0.4, 0.5) is 0 Å². The van der Waals surface area contributed by atoms with Crippen LogP contribution in [-0.2, 0) is 4.74 Å². The van der Waals surface area contributed by atoms with E-state index in [0.717, 1.165) is 26.0 Å². The molecule has 0 aliphatic heterocycles. The zero-order valence-corrected chi connectivity index (χ0v) is 12.0. The standard InChI is InChI=1S/C14H30N2O2/c1-3-4-8-18-11-13(17)10-16(2)14-7-5-6-12(14)9-15/h12-14,17H,3-11,15H2,1-2H3. The molecule has 3 atom stereocenters. The number of hydrogen-bond donors (Lipinski definition) is 2. The molecule has 0 heterocycles. The summed E-state index contributed by atoms with van der Waals surface area (Å²) in [5.74, 6) is 0.600. The minimum absolute atomic E-state index is 0.383. The topological polar surface area (TPSA) is 58.7 Å². The van der Waals surface area contributed by atoms with E-state index >= 15 is 0 Å². The minimum Gasteiger partial charge on any atom is -0.389 e. The molecule has 108 valence electrons. The van der Waals surface area contributed by atoms with Crippen molar-refractivity contribution in [3.05, 3.63) is 0 Å². The third-order valence-corrected chi connectivity index (χ3v) is 3.94. The van der Waals surface area contributed by atoms with Gasteiger partial charge < -0.3 is 20.5 Å². The summed E-state index contributed by atoms with van der Waals surface area (Å²) >= 11 is 0. The lowest BCUT2D eigenvalue weighted by molar-refractivity contribution is 0.0105. The van der Waals surface area contributed by atoms with E-state index in [1.807, 2.05) is 0 Å². The highest BCUT2D eigenvalue weighted by atomic mass is 16.5. The maximum Gasteiger partial charge on any atom is 0.0900 e. The normalized spacial score (nSPS) is 25.8. The molecule has 3 unspecified atom stereocenters. The minimum atomic E-state index is -0.383. The highest BCUT2D eigenvalue weighted by Gasteiger charge is 2.29. The van der Waals surface area contributed by atoms with Crippen LogP contribution in [-0.4, -0.2) is 55.5 Å². The Kier molecular flexibility index (Phi) is 7.82. The lowest BCUT2D eigenvalue weighted by Gasteiger charge is -2.30. The van der Waals surface area contributed by atoms with E-state index in [0.29, 0.717) is 25.1 Å². The smallest absolute Gasteiger partial charge is 0.0900 e. The zero-order valence-electron chi connectivity index (χ0n) is 12.0. The summed E-state index contributed by atoms with van der Waals surface area (Å²) in [7, 11) is 2.09. The van der Waals surface area contributed by atoms with E-state index in [2.05, 4.69) is 18.9 Å². The number of aliphatic hydroxyl groups is 1. The summed E-state index contributed by atoms with van der Waals surface area (Å²) < 4.78 is 5.45. The summed E-state index contributed by atoms with van der Waals surface area (Å²) in [6.45, 7) is 4.79. The van der Waals surface area contributed by atoms with Gasteiger partial charge in [-0.1, -0.05) is 19.8 Å². The number of ether oxygens (including phenoxy) is 1. The summed E-state index contributed by atoms with van der Waals surface area (Å²) in [5, 5.41) is 9.94. The van der Waals surface area contributed by atoms with Gasteiger partial charge in [0.15, 0.2) is 0 Å². The zero-order chi connectivity index (χ0) is 13.4. The van der Waals surface area contributed by atoms with Crippen LogP contribution < -0.4 is 5.73 Å². The lowest BCUT2D eigenvalue weighted by Crippen LogP contribution is -2.42. The molecule has 3 N–H and O–H groups in total. The molecular weight excluding hydrogens is 228 g/mol.